The van der Waals surface area contributed by atoms with Gasteiger partial charge in [-0.25, -0.2) is 0 Å². The molecular formula is C13H27BBaO8. The first-order valence-corrected chi connectivity index (χ1v) is 7.74. The molecule has 0 bridgehead atoms. The van der Waals surface area contributed by atoms with E-state index in [-0.39, 0.29) is 61.7 Å². The van der Waals surface area contributed by atoms with Crippen LogP contribution in [0, 0.1) is 0 Å². The van der Waals surface area contributed by atoms with Crippen LogP contribution >= 0.6 is 0 Å². The van der Waals surface area contributed by atoms with Crippen molar-refractivity contribution in [3.8, 4) is 0 Å². The smallest absolute Gasteiger partial charge is 0.870 e. The normalized spacial score (nSPS) is 12.1. The number of hydrogen-bond donors (Lipinski definition) is 5. The Hall–Kier alpha value is 1.32. The third kappa shape index (κ3) is 21.3. The van der Waals surface area contributed by atoms with Gasteiger partial charge in [-0.05, 0) is 12.8 Å². The van der Waals surface area contributed by atoms with Gasteiger partial charge in [-0.15, -0.1) is 0 Å². The quantitative estimate of drug-likeness (QED) is 0.112. The second-order valence-electron chi connectivity index (χ2n) is 5.61. The van der Waals surface area contributed by atoms with E-state index in [1.807, 2.05) is 0 Å². The molecule has 0 aliphatic carbocycles. The molecule has 0 atom stereocenters. The molecule has 0 rings (SSSR count). The van der Waals surface area contributed by atoms with Gasteiger partial charge in [-0.1, -0.05) is 44.9 Å². The van der Waals surface area contributed by atoms with Gasteiger partial charge in [-0.2, -0.15) is 0 Å². The largest absolute Gasteiger partial charge is 2.00 e. The van der Waals surface area contributed by atoms with E-state index in [1.165, 1.54) is 0 Å². The minimum atomic E-state index is -2.71. The average molecular weight is 459 g/mol. The topological polar surface area (TPSA) is 156 Å². The van der Waals surface area contributed by atoms with Gasteiger partial charge in [0.1, 0.15) is 0 Å². The molecule has 0 fully saturated rings. The summed E-state index contributed by atoms with van der Waals surface area (Å²) in [4.78, 5) is 0. The van der Waals surface area contributed by atoms with Crippen molar-refractivity contribution in [2.75, 3.05) is 0 Å². The van der Waals surface area contributed by atoms with Crippen LogP contribution in [0.5, 0.6) is 0 Å². The van der Waals surface area contributed by atoms with Crippen molar-refractivity contribution in [1.82, 2.24) is 0 Å². The molecule has 0 aromatic heterocycles. The molecule has 0 aliphatic heterocycles. The van der Waals surface area contributed by atoms with Crippen LogP contribution in [-0.2, 0) is 4.65 Å². The zero-order valence-corrected chi connectivity index (χ0v) is 18.0. The van der Waals surface area contributed by atoms with E-state index in [1.54, 1.807) is 0 Å². The van der Waals surface area contributed by atoms with Gasteiger partial charge in [0.05, 0.1) is 7.32 Å². The van der Waals surface area contributed by atoms with E-state index in [4.69, 9.17) is 25.5 Å². The fourth-order valence-corrected chi connectivity index (χ4v) is 2.17. The van der Waals surface area contributed by atoms with Crippen LogP contribution in [0.3, 0.4) is 0 Å². The van der Waals surface area contributed by atoms with E-state index in [2.05, 4.69) is 4.65 Å². The van der Waals surface area contributed by atoms with Crippen LogP contribution in [-0.4, -0.2) is 93.7 Å². The summed E-state index contributed by atoms with van der Waals surface area (Å²) >= 11 is 0. The van der Waals surface area contributed by atoms with Crippen molar-refractivity contribution < 1.29 is 40.2 Å². The SMILES string of the molecule is [Ba+2].[O-]B([O-])OC(O)(O)CCCCCCCCCCCC(O)(O)O. The summed E-state index contributed by atoms with van der Waals surface area (Å²) in [6.45, 7) is 0. The van der Waals surface area contributed by atoms with E-state index in [0.717, 1.165) is 44.9 Å². The second-order valence-corrected chi connectivity index (χ2v) is 5.61. The van der Waals surface area contributed by atoms with Crippen molar-refractivity contribution in [2.45, 2.75) is 82.6 Å². The maximum atomic E-state index is 10.1. The molecule has 0 aromatic rings. The number of aliphatic hydroxyl groups is 5. The van der Waals surface area contributed by atoms with Gasteiger partial charge < -0.3 is 40.2 Å². The van der Waals surface area contributed by atoms with Crippen molar-refractivity contribution >= 4 is 56.2 Å². The monoisotopic (exact) mass is 460 g/mol. The van der Waals surface area contributed by atoms with Crippen LogP contribution in [0.2, 0.25) is 0 Å². The molecule has 0 saturated heterocycles. The molecule has 10 heteroatoms. The summed E-state index contributed by atoms with van der Waals surface area (Å²) < 4.78 is 3.89. The number of unbranched alkanes of at least 4 members (excludes halogenated alkanes) is 8. The molecule has 8 nitrogen and oxygen atoms in total. The molecule has 0 aliphatic rings. The summed E-state index contributed by atoms with van der Waals surface area (Å²) in [7, 11) is -2.71. The van der Waals surface area contributed by atoms with E-state index >= 15 is 0 Å². The van der Waals surface area contributed by atoms with E-state index in [9.17, 15) is 10.0 Å². The van der Waals surface area contributed by atoms with Crippen LogP contribution in [0.1, 0.15) is 70.6 Å². The fourth-order valence-electron chi connectivity index (χ4n) is 2.17. The Balaban J connectivity index is 0. The van der Waals surface area contributed by atoms with E-state index in [0.29, 0.717) is 12.8 Å². The molecule has 0 radical (unpaired) electrons. The fraction of sp³-hybridized carbons (Fsp3) is 1.00. The molecule has 0 spiro atoms. The minimum Gasteiger partial charge on any atom is -0.870 e. The predicted octanol–water partition coefficient (Wildman–Crippen LogP) is -2.11. The molecule has 0 unspecified atom stereocenters. The zero-order valence-electron chi connectivity index (χ0n) is 13.5. The van der Waals surface area contributed by atoms with Gasteiger partial charge >= 0.3 is 48.9 Å². The summed E-state index contributed by atoms with van der Waals surface area (Å²) in [6.07, 6.45) is 7.23. The predicted molar refractivity (Wildman–Crippen MR) is 79.9 cm³/mol. The van der Waals surface area contributed by atoms with Crippen LogP contribution in [0.4, 0.5) is 0 Å². The number of hydrogen-bond acceptors (Lipinski definition) is 8. The van der Waals surface area contributed by atoms with Crippen LogP contribution in [0.15, 0.2) is 0 Å². The summed E-state index contributed by atoms with van der Waals surface area (Å²) in [6, 6.07) is 0. The molecule has 0 heterocycles. The first kappa shape index (κ1) is 26.5. The standard InChI is InChI=1S/C13H27BO8.Ba/c15-12(16,17)10-8-6-4-2-1-3-5-7-9-11-13(18,19)22-14(20)21;/h15-19H,1-11H2;/q-2;+2. The van der Waals surface area contributed by atoms with Gasteiger partial charge in [0.2, 0.25) is 0 Å². The Morgan fingerprint density at radius 1 is 0.652 bits per heavy atom. The molecule has 0 amide bonds. The van der Waals surface area contributed by atoms with E-state index < -0.39 is 19.3 Å². The van der Waals surface area contributed by atoms with Crippen LogP contribution < -0.4 is 10.0 Å². The maximum Gasteiger partial charge on any atom is 2.00 e. The van der Waals surface area contributed by atoms with Crippen molar-refractivity contribution in [3.63, 3.8) is 0 Å². The number of rotatable bonds is 14. The minimum absolute atomic E-state index is 0. The maximum absolute atomic E-state index is 10.1. The Morgan fingerprint density at radius 2 is 1.00 bits per heavy atom. The molecule has 132 valence electrons. The molecule has 23 heavy (non-hydrogen) atoms. The first-order valence-electron chi connectivity index (χ1n) is 7.74. The molecule has 5 N–H and O–H groups in total. The summed E-state index contributed by atoms with van der Waals surface area (Å²) in [5, 5.41) is 64.6. The zero-order chi connectivity index (χ0) is 17.1. The third-order valence-corrected chi connectivity index (χ3v) is 3.30. The Labute approximate surface area is 177 Å². The van der Waals surface area contributed by atoms with Gasteiger partial charge in [0, 0.05) is 12.8 Å². The average Bonchev–Trinajstić information content (AvgIpc) is 2.32. The Morgan fingerprint density at radius 3 is 1.35 bits per heavy atom. The summed E-state index contributed by atoms with van der Waals surface area (Å²) in [5.74, 6) is -5.19. The van der Waals surface area contributed by atoms with Crippen molar-refractivity contribution in [2.24, 2.45) is 0 Å². The molecular weight excluding hydrogens is 432 g/mol. The van der Waals surface area contributed by atoms with Crippen molar-refractivity contribution in [1.29, 1.82) is 0 Å². The van der Waals surface area contributed by atoms with Gasteiger partial charge in [0.15, 0.2) is 0 Å². The Kier molecular flexibility index (Phi) is 16.7. The summed E-state index contributed by atoms with van der Waals surface area (Å²) in [5.41, 5.74) is 0. The first-order chi connectivity index (χ1) is 10.1. The van der Waals surface area contributed by atoms with Gasteiger partial charge in [-0.3, -0.25) is 0 Å². The van der Waals surface area contributed by atoms with Gasteiger partial charge in [0.25, 0.3) is 11.9 Å². The molecule has 0 aromatic carbocycles. The molecule has 0 saturated carbocycles. The van der Waals surface area contributed by atoms with Crippen molar-refractivity contribution in [3.05, 3.63) is 0 Å². The van der Waals surface area contributed by atoms with Crippen LogP contribution in [0.25, 0.3) is 0 Å². The Bertz CT molecular complexity index is 273. The third-order valence-electron chi connectivity index (χ3n) is 3.30. The second kappa shape index (κ2) is 14.5.